The summed E-state index contributed by atoms with van der Waals surface area (Å²) in [7, 11) is 1.52. The first-order valence-electron chi connectivity index (χ1n) is 11.8. The van der Waals surface area contributed by atoms with Crippen LogP contribution < -0.4 is 4.74 Å². The van der Waals surface area contributed by atoms with E-state index in [1.165, 1.54) is 24.8 Å². The van der Waals surface area contributed by atoms with E-state index >= 15 is 0 Å². The van der Waals surface area contributed by atoms with Gasteiger partial charge in [-0.3, -0.25) is 0 Å². The fourth-order valence-electron chi connectivity index (χ4n) is 4.42. The lowest BCUT2D eigenvalue weighted by atomic mass is 9.91. The van der Waals surface area contributed by atoms with Crippen molar-refractivity contribution in [3.63, 3.8) is 0 Å². The van der Waals surface area contributed by atoms with Crippen molar-refractivity contribution >= 4 is 17.7 Å². The predicted octanol–water partition coefficient (Wildman–Crippen LogP) is 5.81. The Bertz CT molecular complexity index is 1340. The highest BCUT2D eigenvalue weighted by molar-refractivity contribution is 5.98. The van der Waals surface area contributed by atoms with Crippen molar-refractivity contribution in [1.29, 1.82) is 0 Å². The molecule has 7 nitrogen and oxygen atoms in total. The van der Waals surface area contributed by atoms with Gasteiger partial charge in [0.05, 0.1) is 16.8 Å². The number of nitrogens with zero attached hydrogens (tertiary/aromatic N) is 1. The number of hydrogen-bond donors (Lipinski definition) is 2. The fraction of sp³-hybridized carbons (Fsp3) is 0.276. The first-order valence-corrected chi connectivity index (χ1v) is 11.8. The van der Waals surface area contributed by atoms with E-state index in [2.05, 4.69) is 11.2 Å². The topological polar surface area (TPSA) is 105 Å². The summed E-state index contributed by atoms with van der Waals surface area (Å²) >= 11 is 0. The van der Waals surface area contributed by atoms with E-state index in [1.54, 1.807) is 6.07 Å². The Labute approximate surface area is 210 Å². The summed E-state index contributed by atoms with van der Waals surface area (Å²) in [6.07, 6.45) is 2.61. The van der Waals surface area contributed by atoms with Crippen molar-refractivity contribution in [1.82, 2.24) is 0 Å². The molecule has 3 aromatic rings. The second kappa shape index (κ2) is 10.6. The largest absolute Gasteiger partial charge is 0.489 e. The molecule has 7 heteroatoms. The van der Waals surface area contributed by atoms with E-state index in [0.29, 0.717) is 24.5 Å². The molecular weight excluding hydrogens is 458 g/mol. The Morgan fingerprint density at radius 1 is 0.972 bits per heavy atom. The van der Waals surface area contributed by atoms with Crippen LogP contribution in [0.2, 0.25) is 0 Å². The van der Waals surface area contributed by atoms with Crippen molar-refractivity contribution in [2.45, 2.75) is 45.6 Å². The van der Waals surface area contributed by atoms with Crippen molar-refractivity contribution in [3.05, 3.63) is 99.1 Å². The number of rotatable bonds is 10. The fourth-order valence-corrected chi connectivity index (χ4v) is 4.42. The van der Waals surface area contributed by atoms with Crippen LogP contribution >= 0.6 is 0 Å². The van der Waals surface area contributed by atoms with E-state index in [9.17, 15) is 19.8 Å². The van der Waals surface area contributed by atoms with Crippen LogP contribution in [0, 0.1) is 6.92 Å². The lowest BCUT2D eigenvalue weighted by molar-refractivity contribution is 0.0695. The normalized spacial score (nSPS) is 13.4. The molecule has 4 rings (SSSR count). The first-order chi connectivity index (χ1) is 17.3. The molecule has 186 valence electrons. The summed E-state index contributed by atoms with van der Waals surface area (Å²) < 4.78 is 6.28. The van der Waals surface area contributed by atoms with Gasteiger partial charge in [-0.1, -0.05) is 29.4 Å². The van der Waals surface area contributed by atoms with E-state index in [0.717, 1.165) is 46.6 Å². The Morgan fingerprint density at radius 3 is 2.36 bits per heavy atom. The lowest BCUT2D eigenvalue weighted by Crippen LogP contribution is -2.10. The Hall–Kier alpha value is -4.13. The molecule has 0 saturated heterocycles. The van der Waals surface area contributed by atoms with Gasteiger partial charge in [0.25, 0.3) is 0 Å². The first kappa shape index (κ1) is 25.0. The Morgan fingerprint density at radius 2 is 1.72 bits per heavy atom. The summed E-state index contributed by atoms with van der Waals surface area (Å²) in [4.78, 5) is 28.1. The number of benzene rings is 3. The minimum atomic E-state index is -1.15. The molecule has 0 unspecified atom stereocenters. The van der Waals surface area contributed by atoms with Gasteiger partial charge in [-0.15, -0.1) is 0 Å². The lowest BCUT2D eigenvalue weighted by Gasteiger charge is -2.18. The molecule has 1 fully saturated rings. The minimum Gasteiger partial charge on any atom is -0.489 e. The molecule has 1 aliphatic carbocycles. The third-order valence-corrected chi connectivity index (χ3v) is 6.49. The average molecular weight is 488 g/mol. The number of aryl methyl sites for hydroxylation is 1. The van der Waals surface area contributed by atoms with Crippen molar-refractivity contribution in [2.24, 2.45) is 5.16 Å². The van der Waals surface area contributed by atoms with Gasteiger partial charge in [0.15, 0.2) is 0 Å². The smallest absolute Gasteiger partial charge is 0.336 e. The molecule has 3 aromatic carbocycles. The van der Waals surface area contributed by atoms with Crippen molar-refractivity contribution < 1.29 is 29.4 Å². The molecule has 1 aliphatic rings. The van der Waals surface area contributed by atoms with Crippen molar-refractivity contribution in [3.8, 4) is 5.75 Å². The van der Waals surface area contributed by atoms with Gasteiger partial charge in [0.1, 0.15) is 19.5 Å². The summed E-state index contributed by atoms with van der Waals surface area (Å²) in [6, 6.07) is 16.2. The number of carboxylic acid groups (broad SMARTS) is 2. The monoisotopic (exact) mass is 487 g/mol. The molecular formula is C29H29NO6. The molecule has 1 saturated carbocycles. The van der Waals surface area contributed by atoms with Gasteiger partial charge >= 0.3 is 11.9 Å². The minimum absolute atomic E-state index is 0.00174. The number of oxime groups is 1. The standard InChI is InChI=1S/C29H29NO6/c1-17-13-20(18(2)30-35-3)11-12-27(17)36-16-26-21(5-4-6-24(26)19-7-8-19)14-22-9-10-23(28(31)32)15-25(22)29(33)34/h4-6,9-13,15,19H,7-8,14,16H2,1-3H3,(H,31,32)(H,33,34). The molecule has 0 aromatic heterocycles. The van der Waals surface area contributed by atoms with Crippen LogP contribution in [0.3, 0.4) is 0 Å². The van der Waals surface area contributed by atoms with E-state index in [-0.39, 0.29) is 11.1 Å². The maximum absolute atomic E-state index is 11.9. The zero-order valence-corrected chi connectivity index (χ0v) is 20.6. The number of carboxylic acids is 2. The summed E-state index contributed by atoms with van der Waals surface area (Å²) in [5.41, 5.74) is 6.47. The van der Waals surface area contributed by atoms with Gasteiger partial charge in [0.2, 0.25) is 0 Å². The number of ether oxygens (including phenoxy) is 1. The third-order valence-electron chi connectivity index (χ3n) is 6.49. The van der Waals surface area contributed by atoms with Crippen LogP contribution in [-0.4, -0.2) is 35.0 Å². The highest BCUT2D eigenvalue weighted by Gasteiger charge is 2.27. The highest BCUT2D eigenvalue weighted by atomic mass is 16.6. The molecule has 0 heterocycles. The SMILES string of the molecule is CON=C(C)c1ccc(OCc2c(Cc3ccc(C(=O)O)cc3C(=O)O)cccc2C2CC2)c(C)c1. The zero-order chi connectivity index (χ0) is 25.8. The second-order valence-electron chi connectivity index (χ2n) is 9.05. The van der Waals surface area contributed by atoms with Crippen LogP contribution in [0.1, 0.15) is 79.8 Å². The van der Waals surface area contributed by atoms with Crippen LogP contribution in [0.5, 0.6) is 5.75 Å². The van der Waals surface area contributed by atoms with E-state index in [1.807, 2.05) is 44.2 Å². The maximum atomic E-state index is 11.9. The van der Waals surface area contributed by atoms with Gasteiger partial charge in [-0.25, -0.2) is 9.59 Å². The number of aromatic carboxylic acids is 2. The second-order valence-corrected chi connectivity index (χ2v) is 9.05. The van der Waals surface area contributed by atoms with Crippen LogP contribution in [0.25, 0.3) is 0 Å². The molecule has 0 amide bonds. The highest BCUT2D eigenvalue weighted by Crippen LogP contribution is 2.43. The Balaban J connectivity index is 1.64. The third kappa shape index (κ3) is 5.57. The number of carbonyl (C=O) groups is 2. The van der Waals surface area contributed by atoms with E-state index in [4.69, 9.17) is 9.57 Å². The molecule has 0 atom stereocenters. The molecule has 2 N–H and O–H groups in total. The quantitative estimate of drug-likeness (QED) is 0.276. The van der Waals surface area contributed by atoms with Gasteiger partial charge in [-0.05, 0) is 103 Å². The molecule has 0 bridgehead atoms. The van der Waals surface area contributed by atoms with Crippen LogP contribution in [-0.2, 0) is 17.9 Å². The number of hydrogen-bond acceptors (Lipinski definition) is 5. The molecule has 36 heavy (non-hydrogen) atoms. The average Bonchev–Trinajstić information content (AvgIpc) is 3.69. The zero-order valence-electron chi connectivity index (χ0n) is 20.6. The maximum Gasteiger partial charge on any atom is 0.336 e. The van der Waals surface area contributed by atoms with Gasteiger partial charge in [0, 0.05) is 0 Å². The molecule has 0 radical (unpaired) electrons. The van der Waals surface area contributed by atoms with E-state index < -0.39 is 11.9 Å². The summed E-state index contributed by atoms with van der Waals surface area (Å²) in [5, 5.41) is 23.0. The van der Waals surface area contributed by atoms with Crippen molar-refractivity contribution in [2.75, 3.05) is 7.11 Å². The summed E-state index contributed by atoms with van der Waals surface area (Å²) in [5.74, 6) is -1.06. The van der Waals surface area contributed by atoms with Gasteiger partial charge < -0.3 is 19.8 Å². The molecule has 0 spiro atoms. The van der Waals surface area contributed by atoms with Gasteiger partial charge in [-0.2, -0.15) is 0 Å². The predicted molar refractivity (Wildman–Crippen MR) is 136 cm³/mol. The molecule has 0 aliphatic heterocycles. The van der Waals surface area contributed by atoms with Crippen LogP contribution in [0.15, 0.2) is 59.8 Å². The Kier molecular flexibility index (Phi) is 7.38. The van der Waals surface area contributed by atoms with Crippen LogP contribution in [0.4, 0.5) is 0 Å². The summed E-state index contributed by atoms with van der Waals surface area (Å²) in [6.45, 7) is 4.21.